The predicted molar refractivity (Wildman–Crippen MR) is 107 cm³/mol. The quantitative estimate of drug-likeness (QED) is 0.396. The van der Waals surface area contributed by atoms with Crippen molar-refractivity contribution >= 4 is 5.97 Å². The van der Waals surface area contributed by atoms with Gasteiger partial charge in [-0.15, -0.1) is 0 Å². The fraction of sp³-hybridized carbons (Fsp3) is 0.524. The summed E-state index contributed by atoms with van der Waals surface area (Å²) in [5.74, 6) is 0.714. The van der Waals surface area contributed by atoms with E-state index in [2.05, 4.69) is 10.3 Å². The van der Waals surface area contributed by atoms with Crippen LogP contribution in [-0.2, 0) is 27.4 Å². The minimum atomic E-state index is -0.125. The molecule has 28 heavy (non-hydrogen) atoms. The molecule has 0 aliphatic carbocycles. The Morgan fingerprint density at radius 3 is 2.75 bits per heavy atom. The second-order valence-corrected chi connectivity index (χ2v) is 6.54. The number of carbonyl (C=O) groups is 1. The van der Waals surface area contributed by atoms with Gasteiger partial charge in [0.2, 0.25) is 0 Å². The van der Waals surface area contributed by atoms with Crippen LogP contribution in [0.2, 0.25) is 0 Å². The number of unbranched alkanes of at least 4 members (excludes halogenated alkanes) is 1. The maximum Gasteiger partial charge on any atom is 0.305 e. The van der Waals surface area contributed by atoms with Crippen molar-refractivity contribution in [2.24, 2.45) is 0 Å². The Hall–Kier alpha value is -2.38. The zero-order valence-corrected chi connectivity index (χ0v) is 16.8. The Labute approximate surface area is 167 Å². The molecule has 2 rings (SSSR count). The lowest BCUT2D eigenvalue weighted by molar-refractivity contribution is -0.143. The van der Waals surface area contributed by atoms with Gasteiger partial charge in [0.15, 0.2) is 0 Å². The lowest BCUT2D eigenvalue weighted by Crippen LogP contribution is -2.37. The van der Waals surface area contributed by atoms with Crippen molar-refractivity contribution in [3.63, 3.8) is 0 Å². The molecule has 1 aromatic carbocycles. The first-order chi connectivity index (χ1) is 13.7. The number of imidazole rings is 1. The number of benzene rings is 1. The number of methoxy groups -OCH3 is 1. The number of ether oxygens (including phenoxy) is 3. The highest BCUT2D eigenvalue weighted by molar-refractivity contribution is 5.69. The average Bonchev–Trinajstić information content (AvgIpc) is 3.21. The SMILES string of the molecule is CCOC(=O)CCCCNC(COCc1ccc(OC)cc1)Cn1ccnc1. The molecule has 1 unspecified atom stereocenters. The number of esters is 1. The van der Waals surface area contributed by atoms with Crippen LogP contribution in [-0.4, -0.2) is 48.4 Å². The van der Waals surface area contributed by atoms with Crippen molar-refractivity contribution in [3.05, 3.63) is 48.5 Å². The van der Waals surface area contributed by atoms with Gasteiger partial charge in [-0.05, 0) is 44.0 Å². The highest BCUT2D eigenvalue weighted by Gasteiger charge is 2.10. The van der Waals surface area contributed by atoms with E-state index < -0.39 is 0 Å². The molecule has 1 heterocycles. The molecule has 0 aliphatic rings. The van der Waals surface area contributed by atoms with Gasteiger partial charge in [-0.2, -0.15) is 0 Å². The maximum atomic E-state index is 11.4. The van der Waals surface area contributed by atoms with Gasteiger partial charge < -0.3 is 24.1 Å². The average molecular weight is 389 g/mol. The Bertz CT molecular complexity index is 659. The molecular formula is C21H31N3O4. The largest absolute Gasteiger partial charge is 0.497 e. The van der Waals surface area contributed by atoms with E-state index >= 15 is 0 Å². The van der Waals surface area contributed by atoms with Crippen LogP contribution in [0.15, 0.2) is 43.0 Å². The van der Waals surface area contributed by atoms with E-state index in [1.165, 1.54) is 0 Å². The van der Waals surface area contributed by atoms with Gasteiger partial charge in [0.25, 0.3) is 0 Å². The van der Waals surface area contributed by atoms with Gasteiger partial charge in [-0.1, -0.05) is 12.1 Å². The van der Waals surface area contributed by atoms with Gasteiger partial charge in [0, 0.05) is 31.4 Å². The third-order valence-electron chi connectivity index (χ3n) is 4.28. The smallest absolute Gasteiger partial charge is 0.305 e. The van der Waals surface area contributed by atoms with E-state index in [4.69, 9.17) is 14.2 Å². The lowest BCUT2D eigenvalue weighted by Gasteiger charge is -2.19. The van der Waals surface area contributed by atoms with Crippen molar-refractivity contribution in [1.29, 1.82) is 0 Å². The zero-order chi connectivity index (χ0) is 20.0. The summed E-state index contributed by atoms with van der Waals surface area (Å²) >= 11 is 0. The number of nitrogens with one attached hydrogen (secondary N) is 1. The van der Waals surface area contributed by atoms with Crippen molar-refractivity contribution in [2.45, 2.75) is 45.4 Å². The third-order valence-corrected chi connectivity index (χ3v) is 4.28. The summed E-state index contributed by atoms with van der Waals surface area (Å²) in [6, 6.07) is 8.04. The minimum absolute atomic E-state index is 0.125. The molecule has 0 fully saturated rings. The number of hydrogen-bond donors (Lipinski definition) is 1. The van der Waals surface area contributed by atoms with E-state index in [0.29, 0.717) is 26.2 Å². The summed E-state index contributed by atoms with van der Waals surface area (Å²) in [5, 5.41) is 3.52. The summed E-state index contributed by atoms with van der Waals surface area (Å²) < 4.78 is 18.1. The highest BCUT2D eigenvalue weighted by Crippen LogP contribution is 2.12. The number of rotatable bonds is 14. The first-order valence-electron chi connectivity index (χ1n) is 9.76. The second-order valence-electron chi connectivity index (χ2n) is 6.54. The first-order valence-corrected chi connectivity index (χ1v) is 9.76. The molecule has 0 amide bonds. The van der Waals surface area contributed by atoms with Gasteiger partial charge in [0.1, 0.15) is 5.75 Å². The fourth-order valence-electron chi connectivity index (χ4n) is 2.80. The van der Waals surface area contributed by atoms with E-state index in [1.54, 1.807) is 19.6 Å². The predicted octanol–water partition coefficient (Wildman–Crippen LogP) is 2.80. The van der Waals surface area contributed by atoms with Crippen LogP contribution in [0.5, 0.6) is 5.75 Å². The molecule has 7 nitrogen and oxygen atoms in total. The van der Waals surface area contributed by atoms with Gasteiger partial charge in [-0.3, -0.25) is 4.79 Å². The summed E-state index contributed by atoms with van der Waals surface area (Å²) in [6.45, 7) is 5.00. The number of hydrogen-bond acceptors (Lipinski definition) is 6. The maximum absolute atomic E-state index is 11.4. The molecule has 154 valence electrons. The number of nitrogens with zero attached hydrogens (tertiary/aromatic N) is 2. The number of carbonyl (C=O) groups excluding carboxylic acids is 1. The number of aromatic nitrogens is 2. The Kier molecular flexibility index (Phi) is 10.1. The van der Waals surface area contributed by atoms with Crippen LogP contribution < -0.4 is 10.1 Å². The fourth-order valence-corrected chi connectivity index (χ4v) is 2.80. The van der Waals surface area contributed by atoms with Crippen molar-refractivity contribution in [1.82, 2.24) is 14.9 Å². The molecule has 1 N–H and O–H groups in total. The van der Waals surface area contributed by atoms with E-state index in [-0.39, 0.29) is 12.0 Å². The molecular weight excluding hydrogens is 358 g/mol. The molecule has 2 aromatic rings. The van der Waals surface area contributed by atoms with Crippen LogP contribution in [0.1, 0.15) is 31.7 Å². The standard InChI is InChI=1S/C21H31N3O4/c1-3-28-21(25)6-4-5-11-23-19(14-24-13-12-22-17-24)16-27-15-18-7-9-20(26-2)10-8-18/h7-10,12-13,17,19,23H,3-6,11,14-16H2,1-2H3. The van der Waals surface area contributed by atoms with Crippen molar-refractivity contribution in [3.8, 4) is 5.75 Å². The molecule has 1 atom stereocenters. The van der Waals surface area contributed by atoms with Crippen LogP contribution in [0.25, 0.3) is 0 Å². The van der Waals surface area contributed by atoms with Gasteiger partial charge in [0.05, 0.1) is 33.3 Å². The Morgan fingerprint density at radius 2 is 2.07 bits per heavy atom. The first kappa shape index (κ1) is 21.9. The summed E-state index contributed by atoms with van der Waals surface area (Å²) in [5.41, 5.74) is 1.11. The van der Waals surface area contributed by atoms with E-state index in [9.17, 15) is 4.79 Å². The van der Waals surface area contributed by atoms with E-state index in [1.807, 2.05) is 42.0 Å². The minimum Gasteiger partial charge on any atom is -0.497 e. The summed E-state index contributed by atoms with van der Waals surface area (Å²) in [7, 11) is 1.66. The molecule has 0 spiro atoms. The van der Waals surface area contributed by atoms with Crippen LogP contribution in [0.3, 0.4) is 0 Å². The van der Waals surface area contributed by atoms with Crippen molar-refractivity contribution < 1.29 is 19.0 Å². The molecule has 0 bridgehead atoms. The van der Waals surface area contributed by atoms with Gasteiger partial charge >= 0.3 is 5.97 Å². The van der Waals surface area contributed by atoms with E-state index in [0.717, 1.165) is 37.2 Å². The molecule has 7 heteroatoms. The third kappa shape index (κ3) is 8.54. The highest BCUT2D eigenvalue weighted by atomic mass is 16.5. The molecule has 1 aromatic heterocycles. The summed E-state index contributed by atoms with van der Waals surface area (Å²) in [4.78, 5) is 15.5. The second kappa shape index (κ2) is 12.9. The Morgan fingerprint density at radius 1 is 1.25 bits per heavy atom. The molecule has 0 saturated carbocycles. The normalized spacial score (nSPS) is 11.9. The molecule has 0 radical (unpaired) electrons. The van der Waals surface area contributed by atoms with Crippen LogP contribution >= 0.6 is 0 Å². The monoisotopic (exact) mass is 389 g/mol. The Balaban J connectivity index is 1.72. The van der Waals surface area contributed by atoms with Crippen LogP contribution in [0, 0.1) is 0 Å². The van der Waals surface area contributed by atoms with Crippen molar-refractivity contribution in [2.75, 3.05) is 26.9 Å². The zero-order valence-electron chi connectivity index (χ0n) is 16.8. The summed E-state index contributed by atoms with van der Waals surface area (Å²) in [6.07, 6.45) is 7.72. The van der Waals surface area contributed by atoms with Crippen LogP contribution in [0.4, 0.5) is 0 Å². The molecule has 0 saturated heterocycles. The lowest BCUT2D eigenvalue weighted by atomic mass is 10.2. The molecule has 0 aliphatic heterocycles. The topological polar surface area (TPSA) is 74.6 Å². The van der Waals surface area contributed by atoms with Gasteiger partial charge in [-0.25, -0.2) is 4.98 Å².